The summed E-state index contributed by atoms with van der Waals surface area (Å²) in [6, 6.07) is 3.93. The highest BCUT2D eigenvalue weighted by molar-refractivity contribution is 5.81. The van der Waals surface area contributed by atoms with Gasteiger partial charge in [0.2, 0.25) is 0 Å². The van der Waals surface area contributed by atoms with Crippen molar-refractivity contribution in [1.82, 2.24) is 4.98 Å². The van der Waals surface area contributed by atoms with Crippen molar-refractivity contribution in [1.29, 1.82) is 0 Å². The van der Waals surface area contributed by atoms with Gasteiger partial charge < -0.3 is 4.74 Å². The van der Waals surface area contributed by atoms with Gasteiger partial charge in [-0.15, -0.1) is 0 Å². The normalized spacial score (nSPS) is 10.5. The lowest BCUT2D eigenvalue weighted by molar-refractivity contribution is -0.137. The molecule has 0 aliphatic heterocycles. The van der Waals surface area contributed by atoms with E-state index in [4.69, 9.17) is 4.74 Å². The summed E-state index contributed by atoms with van der Waals surface area (Å²) in [5, 5.41) is 0. The van der Waals surface area contributed by atoms with Crippen LogP contribution in [-0.4, -0.2) is 17.6 Å². The van der Waals surface area contributed by atoms with Gasteiger partial charge in [-0.2, -0.15) is 0 Å². The summed E-state index contributed by atoms with van der Waals surface area (Å²) in [5.74, 6) is -0.274. The number of allylic oxidation sites excluding steroid dienone is 1. The molecule has 0 unspecified atom stereocenters. The van der Waals surface area contributed by atoms with Crippen LogP contribution in [0.4, 0.5) is 0 Å². The number of hydrogen-bond acceptors (Lipinski definition) is 3. The van der Waals surface area contributed by atoms with Gasteiger partial charge >= 0.3 is 5.97 Å². The highest BCUT2D eigenvalue weighted by Crippen LogP contribution is 2.00. The minimum Gasteiger partial charge on any atom is -0.463 e. The number of rotatable bonds is 5. The van der Waals surface area contributed by atoms with Crippen LogP contribution in [-0.2, 0) is 16.0 Å². The Morgan fingerprint density at radius 3 is 3.13 bits per heavy atom. The van der Waals surface area contributed by atoms with Crippen LogP contribution < -0.4 is 0 Å². The Bertz CT molecular complexity index is 320. The molecule has 80 valence electrons. The maximum atomic E-state index is 10.9. The highest BCUT2D eigenvalue weighted by Gasteiger charge is 1.93. The summed E-state index contributed by atoms with van der Waals surface area (Å²) in [6.07, 6.45) is 8.59. The van der Waals surface area contributed by atoms with Crippen LogP contribution in [0.3, 0.4) is 0 Å². The van der Waals surface area contributed by atoms with Gasteiger partial charge in [-0.05, 0) is 31.4 Å². The quantitative estimate of drug-likeness (QED) is 0.546. The zero-order valence-electron chi connectivity index (χ0n) is 8.85. The molecule has 0 N–H and O–H groups in total. The lowest BCUT2D eigenvalue weighted by Gasteiger charge is -1.96. The van der Waals surface area contributed by atoms with E-state index in [1.165, 1.54) is 11.6 Å². The van der Waals surface area contributed by atoms with E-state index in [9.17, 15) is 4.79 Å². The molecule has 0 saturated carbocycles. The van der Waals surface area contributed by atoms with Crippen LogP contribution in [0.1, 0.15) is 18.9 Å². The minimum atomic E-state index is -0.274. The SMILES string of the molecule is CCOC(=O)/C=C/CCc1cccnc1. The average Bonchev–Trinajstić information content (AvgIpc) is 2.26. The van der Waals surface area contributed by atoms with Gasteiger partial charge in [-0.3, -0.25) is 4.98 Å². The van der Waals surface area contributed by atoms with E-state index in [1.807, 2.05) is 24.4 Å². The van der Waals surface area contributed by atoms with Gasteiger partial charge in [0.1, 0.15) is 0 Å². The number of aryl methyl sites for hydroxylation is 1. The smallest absolute Gasteiger partial charge is 0.330 e. The Hall–Kier alpha value is -1.64. The van der Waals surface area contributed by atoms with Crippen molar-refractivity contribution in [2.45, 2.75) is 19.8 Å². The minimum absolute atomic E-state index is 0.274. The molecule has 0 bridgehead atoms. The molecule has 0 aliphatic carbocycles. The summed E-state index contributed by atoms with van der Waals surface area (Å²) in [4.78, 5) is 14.9. The second-order valence-corrected chi connectivity index (χ2v) is 3.05. The lowest BCUT2D eigenvalue weighted by Crippen LogP contribution is -1.98. The van der Waals surface area contributed by atoms with Crippen molar-refractivity contribution >= 4 is 5.97 Å². The molecule has 0 aliphatic rings. The molecule has 1 heterocycles. The van der Waals surface area contributed by atoms with Crippen LogP contribution >= 0.6 is 0 Å². The van der Waals surface area contributed by atoms with E-state index in [0.29, 0.717) is 6.61 Å². The standard InChI is InChI=1S/C12H15NO2/c1-2-15-12(14)8-4-3-6-11-7-5-9-13-10-11/h4-5,7-10H,2-3,6H2,1H3/b8-4+. The van der Waals surface area contributed by atoms with Gasteiger partial charge in [0.25, 0.3) is 0 Å². The third-order valence-corrected chi connectivity index (χ3v) is 1.86. The molecule has 15 heavy (non-hydrogen) atoms. The third-order valence-electron chi connectivity index (χ3n) is 1.86. The molecule has 0 amide bonds. The van der Waals surface area contributed by atoms with Gasteiger partial charge in [0.05, 0.1) is 6.61 Å². The first-order chi connectivity index (χ1) is 7.33. The summed E-state index contributed by atoms with van der Waals surface area (Å²) < 4.78 is 4.76. The molecule has 0 saturated heterocycles. The van der Waals surface area contributed by atoms with Crippen LogP contribution in [0.5, 0.6) is 0 Å². The summed E-state index contributed by atoms with van der Waals surface area (Å²) >= 11 is 0. The zero-order chi connectivity index (χ0) is 10.9. The predicted molar refractivity (Wildman–Crippen MR) is 58.3 cm³/mol. The number of aromatic nitrogens is 1. The van der Waals surface area contributed by atoms with E-state index in [0.717, 1.165) is 12.8 Å². The molecule has 0 spiro atoms. The molecular weight excluding hydrogens is 190 g/mol. The molecule has 0 atom stereocenters. The van der Waals surface area contributed by atoms with E-state index < -0.39 is 0 Å². The number of esters is 1. The second-order valence-electron chi connectivity index (χ2n) is 3.05. The lowest BCUT2D eigenvalue weighted by atomic mass is 10.1. The molecule has 0 aromatic carbocycles. The van der Waals surface area contributed by atoms with E-state index in [2.05, 4.69) is 4.98 Å². The predicted octanol–water partition coefficient (Wildman–Crippen LogP) is 2.13. The fourth-order valence-corrected chi connectivity index (χ4v) is 1.17. The van der Waals surface area contributed by atoms with Crippen molar-refractivity contribution in [3.63, 3.8) is 0 Å². The Labute approximate surface area is 89.8 Å². The second kappa shape index (κ2) is 6.76. The first kappa shape index (κ1) is 11.4. The molecule has 1 rings (SSSR count). The number of carbonyl (C=O) groups excluding carboxylic acids is 1. The van der Waals surface area contributed by atoms with Gasteiger partial charge in [-0.1, -0.05) is 12.1 Å². The Morgan fingerprint density at radius 2 is 2.47 bits per heavy atom. The van der Waals surface area contributed by atoms with Crippen molar-refractivity contribution in [3.8, 4) is 0 Å². The molecule has 0 radical (unpaired) electrons. The molecule has 1 aromatic heterocycles. The topological polar surface area (TPSA) is 39.2 Å². The number of nitrogens with zero attached hydrogens (tertiary/aromatic N) is 1. The maximum absolute atomic E-state index is 10.9. The molecule has 1 aromatic rings. The van der Waals surface area contributed by atoms with Crippen LogP contribution in [0.2, 0.25) is 0 Å². The Kier molecular flexibility index (Phi) is 5.15. The van der Waals surface area contributed by atoms with Crippen molar-refractivity contribution in [2.75, 3.05) is 6.61 Å². The van der Waals surface area contributed by atoms with Crippen LogP contribution in [0.25, 0.3) is 0 Å². The van der Waals surface area contributed by atoms with E-state index >= 15 is 0 Å². The molecule has 3 nitrogen and oxygen atoms in total. The molecular formula is C12H15NO2. The monoisotopic (exact) mass is 205 g/mol. The fraction of sp³-hybridized carbons (Fsp3) is 0.333. The summed E-state index contributed by atoms with van der Waals surface area (Å²) in [5.41, 5.74) is 1.17. The number of carbonyl (C=O) groups is 1. The Balaban J connectivity index is 2.24. The zero-order valence-corrected chi connectivity index (χ0v) is 8.85. The van der Waals surface area contributed by atoms with E-state index in [1.54, 1.807) is 13.1 Å². The first-order valence-corrected chi connectivity index (χ1v) is 5.05. The largest absolute Gasteiger partial charge is 0.463 e. The summed E-state index contributed by atoms with van der Waals surface area (Å²) in [6.45, 7) is 2.22. The summed E-state index contributed by atoms with van der Waals surface area (Å²) in [7, 11) is 0. The average molecular weight is 205 g/mol. The highest BCUT2D eigenvalue weighted by atomic mass is 16.5. The van der Waals surface area contributed by atoms with Crippen LogP contribution in [0.15, 0.2) is 36.7 Å². The fourth-order valence-electron chi connectivity index (χ4n) is 1.17. The number of ether oxygens (including phenoxy) is 1. The first-order valence-electron chi connectivity index (χ1n) is 5.05. The van der Waals surface area contributed by atoms with E-state index in [-0.39, 0.29) is 5.97 Å². The van der Waals surface area contributed by atoms with Gasteiger partial charge in [-0.25, -0.2) is 4.79 Å². The molecule has 0 fully saturated rings. The van der Waals surface area contributed by atoms with Crippen molar-refractivity contribution in [2.24, 2.45) is 0 Å². The Morgan fingerprint density at radius 1 is 1.60 bits per heavy atom. The van der Waals surface area contributed by atoms with Gasteiger partial charge in [0.15, 0.2) is 0 Å². The van der Waals surface area contributed by atoms with Crippen LogP contribution in [0, 0.1) is 0 Å². The number of hydrogen-bond donors (Lipinski definition) is 0. The third kappa shape index (κ3) is 4.96. The number of pyridine rings is 1. The molecule has 3 heteroatoms. The maximum Gasteiger partial charge on any atom is 0.330 e. The van der Waals surface area contributed by atoms with Gasteiger partial charge in [0, 0.05) is 18.5 Å². The van der Waals surface area contributed by atoms with Crippen molar-refractivity contribution in [3.05, 3.63) is 42.2 Å². The van der Waals surface area contributed by atoms with Crippen molar-refractivity contribution < 1.29 is 9.53 Å².